The van der Waals surface area contributed by atoms with Crippen LogP contribution in [0, 0.1) is 12.8 Å². The van der Waals surface area contributed by atoms with E-state index in [4.69, 9.17) is 16.3 Å². The van der Waals surface area contributed by atoms with Gasteiger partial charge in [-0.1, -0.05) is 11.6 Å². The average molecular weight is 297 g/mol. The minimum absolute atomic E-state index is 0.0565. The summed E-state index contributed by atoms with van der Waals surface area (Å²) < 4.78 is 5.12. The number of hydrogen-bond donors (Lipinski definition) is 0. The molecular formula is C15H21ClN2O2. The Bertz CT molecular complexity index is 489. The second-order valence-electron chi connectivity index (χ2n) is 5.37. The lowest BCUT2D eigenvalue weighted by Crippen LogP contribution is -2.42. The Kier molecular flexibility index (Phi) is 5.00. The number of pyridine rings is 1. The van der Waals surface area contributed by atoms with Gasteiger partial charge >= 0.3 is 0 Å². The van der Waals surface area contributed by atoms with Crippen LogP contribution in [0.15, 0.2) is 12.3 Å². The first-order valence-electron chi connectivity index (χ1n) is 6.96. The summed E-state index contributed by atoms with van der Waals surface area (Å²) in [6.07, 6.45) is 3.95. The monoisotopic (exact) mass is 296 g/mol. The van der Waals surface area contributed by atoms with Gasteiger partial charge in [0.05, 0.1) is 17.2 Å². The number of rotatable bonds is 6. The van der Waals surface area contributed by atoms with Crippen molar-refractivity contribution >= 4 is 17.5 Å². The fourth-order valence-electron chi connectivity index (χ4n) is 2.35. The molecule has 1 aliphatic rings. The summed E-state index contributed by atoms with van der Waals surface area (Å²) in [7, 11) is 1.64. The first-order chi connectivity index (χ1) is 9.54. The third kappa shape index (κ3) is 3.49. The van der Waals surface area contributed by atoms with Crippen molar-refractivity contribution in [2.45, 2.75) is 32.7 Å². The lowest BCUT2D eigenvalue weighted by molar-refractivity contribution is 0.0594. The molecular weight excluding hydrogens is 276 g/mol. The van der Waals surface area contributed by atoms with E-state index in [0.717, 1.165) is 5.69 Å². The molecule has 1 saturated carbocycles. The highest BCUT2D eigenvalue weighted by molar-refractivity contribution is 6.33. The summed E-state index contributed by atoms with van der Waals surface area (Å²) in [5.41, 5.74) is 1.28. The Hall–Kier alpha value is -1.13. The fraction of sp³-hybridized carbons (Fsp3) is 0.600. The third-order valence-electron chi connectivity index (χ3n) is 3.81. The standard InChI is InChI=1S/C15H21ClN2O2/c1-10-8-14(16)13(9-17-10)15(19)18(6-7-20-3)11(2)12-4-5-12/h8-9,11-12H,4-7H2,1-3H3. The molecule has 0 aromatic carbocycles. The normalized spacial score (nSPS) is 16.0. The van der Waals surface area contributed by atoms with Crippen molar-refractivity contribution in [1.29, 1.82) is 0 Å². The van der Waals surface area contributed by atoms with Gasteiger partial charge < -0.3 is 9.64 Å². The van der Waals surface area contributed by atoms with Crippen molar-refractivity contribution in [2.75, 3.05) is 20.3 Å². The minimum Gasteiger partial charge on any atom is -0.383 e. The van der Waals surface area contributed by atoms with Crippen molar-refractivity contribution in [3.8, 4) is 0 Å². The Balaban J connectivity index is 2.20. The second-order valence-corrected chi connectivity index (χ2v) is 5.78. The fourth-order valence-corrected chi connectivity index (χ4v) is 2.64. The number of carbonyl (C=O) groups is 1. The number of hydrogen-bond acceptors (Lipinski definition) is 3. The van der Waals surface area contributed by atoms with Crippen LogP contribution in [0.4, 0.5) is 0 Å². The summed E-state index contributed by atoms with van der Waals surface area (Å²) in [5.74, 6) is 0.548. The van der Waals surface area contributed by atoms with Crippen LogP contribution in [-0.2, 0) is 4.74 Å². The average Bonchev–Trinajstić information content (AvgIpc) is 3.22. The van der Waals surface area contributed by atoms with E-state index >= 15 is 0 Å². The van der Waals surface area contributed by atoms with E-state index in [0.29, 0.717) is 29.7 Å². The molecule has 0 bridgehead atoms. The molecule has 1 fully saturated rings. The smallest absolute Gasteiger partial charge is 0.257 e. The van der Waals surface area contributed by atoms with E-state index in [1.165, 1.54) is 12.8 Å². The summed E-state index contributed by atoms with van der Waals surface area (Å²) in [5, 5.41) is 0.466. The number of carbonyl (C=O) groups excluding carboxylic acids is 1. The zero-order valence-corrected chi connectivity index (χ0v) is 13.0. The predicted octanol–water partition coefficient (Wildman–Crippen LogP) is 2.93. The second kappa shape index (κ2) is 6.55. The Morgan fingerprint density at radius 2 is 2.30 bits per heavy atom. The van der Waals surface area contributed by atoms with Crippen LogP contribution in [0.3, 0.4) is 0 Å². The lowest BCUT2D eigenvalue weighted by atomic mass is 10.1. The number of aromatic nitrogens is 1. The summed E-state index contributed by atoms with van der Waals surface area (Å²) in [6, 6.07) is 1.94. The van der Waals surface area contributed by atoms with Crippen molar-refractivity contribution in [3.63, 3.8) is 0 Å². The van der Waals surface area contributed by atoms with Gasteiger partial charge in [-0.3, -0.25) is 9.78 Å². The molecule has 1 aliphatic carbocycles. The minimum atomic E-state index is -0.0565. The number of ether oxygens (including phenoxy) is 1. The van der Waals surface area contributed by atoms with Crippen LogP contribution in [-0.4, -0.2) is 42.1 Å². The number of halogens is 1. The molecule has 1 aromatic heterocycles. The number of aryl methyl sites for hydroxylation is 1. The van der Waals surface area contributed by atoms with Gasteiger partial charge in [0, 0.05) is 31.6 Å². The maximum Gasteiger partial charge on any atom is 0.257 e. The van der Waals surface area contributed by atoms with E-state index in [-0.39, 0.29) is 11.9 Å². The zero-order valence-electron chi connectivity index (χ0n) is 12.2. The number of amides is 1. The molecule has 110 valence electrons. The van der Waals surface area contributed by atoms with Gasteiger partial charge in [0.1, 0.15) is 0 Å². The molecule has 0 spiro atoms. The van der Waals surface area contributed by atoms with Crippen molar-refractivity contribution in [3.05, 3.63) is 28.5 Å². The van der Waals surface area contributed by atoms with E-state index in [9.17, 15) is 4.79 Å². The first-order valence-corrected chi connectivity index (χ1v) is 7.34. The topological polar surface area (TPSA) is 42.4 Å². The van der Waals surface area contributed by atoms with E-state index < -0.39 is 0 Å². The summed E-state index contributed by atoms with van der Waals surface area (Å²) in [4.78, 5) is 18.7. The predicted molar refractivity (Wildman–Crippen MR) is 79.1 cm³/mol. The van der Waals surface area contributed by atoms with Crippen LogP contribution >= 0.6 is 11.6 Å². The summed E-state index contributed by atoms with van der Waals surface area (Å²) >= 11 is 6.18. The van der Waals surface area contributed by atoms with E-state index in [1.54, 1.807) is 19.4 Å². The quantitative estimate of drug-likeness (QED) is 0.810. The van der Waals surface area contributed by atoms with Gasteiger partial charge in [0.15, 0.2) is 0 Å². The molecule has 20 heavy (non-hydrogen) atoms. The zero-order chi connectivity index (χ0) is 14.7. The van der Waals surface area contributed by atoms with Gasteiger partial charge in [-0.05, 0) is 38.7 Å². The summed E-state index contributed by atoms with van der Waals surface area (Å²) in [6.45, 7) is 5.06. The molecule has 1 amide bonds. The molecule has 1 aromatic rings. The molecule has 0 radical (unpaired) electrons. The van der Waals surface area contributed by atoms with Gasteiger partial charge in [-0.25, -0.2) is 0 Å². The Labute approximate surface area is 125 Å². The van der Waals surface area contributed by atoms with Crippen molar-refractivity contribution < 1.29 is 9.53 Å². The maximum atomic E-state index is 12.7. The van der Waals surface area contributed by atoms with Gasteiger partial charge in [0.25, 0.3) is 5.91 Å². The Morgan fingerprint density at radius 3 is 2.85 bits per heavy atom. The van der Waals surface area contributed by atoms with Crippen LogP contribution in [0.2, 0.25) is 5.02 Å². The first kappa shape index (κ1) is 15.3. The van der Waals surface area contributed by atoms with Crippen LogP contribution in [0.5, 0.6) is 0 Å². The lowest BCUT2D eigenvalue weighted by Gasteiger charge is -2.29. The molecule has 0 saturated heterocycles. The molecule has 1 heterocycles. The van der Waals surface area contributed by atoms with E-state index in [1.807, 2.05) is 11.8 Å². The molecule has 0 N–H and O–H groups in total. The molecule has 0 aliphatic heterocycles. The van der Waals surface area contributed by atoms with Gasteiger partial charge in [-0.2, -0.15) is 0 Å². The van der Waals surface area contributed by atoms with Crippen molar-refractivity contribution in [2.24, 2.45) is 5.92 Å². The van der Waals surface area contributed by atoms with Gasteiger partial charge in [-0.15, -0.1) is 0 Å². The number of methoxy groups -OCH3 is 1. The van der Waals surface area contributed by atoms with Crippen LogP contribution < -0.4 is 0 Å². The van der Waals surface area contributed by atoms with Gasteiger partial charge in [0.2, 0.25) is 0 Å². The molecule has 2 rings (SSSR count). The maximum absolute atomic E-state index is 12.7. The highest BCUT2D eigenvalue weighted by Crippen LogP contribution is 2.35. The Morgan fingerprint density at radius 1 is 1.60 bits per heavy atom. The highest BCUT2D eigenvalue weighted by atomic mass is 35.5. The highest BCUT2D eigenvalue weighted by Gasteiger charge is 2.34. The van der Waals surface area contributed by atoms with Crippen LogP contribution in [0.1, 0.15) is 35.8 Å². The SMILES string of the molecule is COCCN(C(=O)c1cnc(C)cc1Cl)C(C)C1CC1. The number of nitrogens with zero attached hydrogens (tertiary/aromatic N) is 2. The molecule has 1 unspecified atom stereocenters. The third-order valence-corrected chi connectivity index (χ3v) is 4.13. The molecule has 4 nitrogen and oxygen atoms in total. The molecule has 1 atom stereocenters. The van der Waals surface area contributed by atoms with E-state index in [2.05, 4.69) is 11.9 Å². The largest absolute Gasteiger partial charge is 0.383 e. The molecule has 5 heteroatoms. The van der Waals surface area contributed by atoms with Crippen LogP contribution in [0.25, 0.3) is 0 Å². The van der Waals surface area contributed by atoms with Crippen molar-refractivity contribution in [1.82, 2.24) is 9.88 Å².